The van der Waals surface area contributed by atoms with Crippen LogP contribution in [-0.2, 0) is 17.7 Å². The average Bonchev–Trinajstić information content (AvgIpc) is 2.82. The molecule has 4 rings (SSSR count). The van der Waals surface area contributed by atoms with Gasteiger partial charge in [-0.15, -0.1) is 0 Å². The van der Waals surface area contributed by atoms with Crippen LogP contribution >= 0.6 is 0 Å². The van der Waals surface area contributed by atoms with Crippen molar-refractivity contribution < 1.29 is 24.2 Å². The number of amides is 2. The third-order valence-electron chi connectivity index (χ3n) is 6.23. The second-order valence-corrected chi connectivity index (χ2v) is 9.00. The van der Waals surface area contributed by atoms with E-state index in [-0.39, 0.29) is 12.2 Å². The lowest BCUT2D eigenvalue weighted by molar-refractivity contribution is 0.0606. The van der Waals surface area contributed by atoms with Crippen LogP contribution in [0.4, 0.5) is 9.59 Å². The second kappa shape index (κ2) is 10.1. The number of hydrogen-bond acceptors (Lipinski definition) is 5. The summed E-state index contributed by atoms with van der Waals surface area (Å²) in [4.78, 5) is 31.0. The zero-order valence-electron chi connectivity index (χ0n) is 19.2. The monoisotopic (exact) mass is 453 g/mol. The van der Waals surface area contributed by atoms with Crippen molar-refractivity contribution in [2.24, 2.45) is 5.92 Å². The molecule has 0 saturated carbocycles. The Balaban J connectivity index is 1.29. The number of fused-ring (bicyclic) bond motifs is 1. The first-order valence-corrected chi connectivity index (χ1v) is 11.5. The Labute approximate surface area is 194 Å². The molecule has 176 valence electrons. The molecule has 2 aliphatic rings. The molecule has 3 heterocycles. The van der Waals surface area contributed by atoms with Gasteiger partial charge in [-0.25, -0.2) is 14.6 Å². The summed E-state index contributed by atoms with van der Waals surface area (Å²) in [6.45, 7) is 6.61. The molecule has 0 spiro atoms. The fourth-order valence-electron chi connectivity index (χ4n) is 4.30. The van der Waals surface area contributed by atoms with Crippen LogP contribution in [0.2, 0.25) is 0 Å². The molecular weight excluding hydrogens is 422 g/mol. The number of carbonyl (C=O) groups is 2. The molecule has 1 fully saturated rings. The highest BCUT2D eigenvalue weighted by atomic mass is 16.6. The van der Waals surface area contributed by atoms with E-state index in [0.717, 1.165) is 36.0 Å². The van der Waals surface area contributed by atoms with Crippen LogP contribution in [0, 0.1) is 5.92 Å². The zero-order valence-corrected chi connectivity index (χ0v) is 19.2. The summed E-state index contributed by atoms with van der Waals surface area (Å²) in [7, 11) is 0. The third-order valence-corrected chi connectivity index (χ3v) is 6.23. The molecule has 0 atom stereocenters. The fourth-order valence-corrected chi connectivity index (χ4v) is 4.30. The lowest BCUT2D eigenvalue weighted by atomic mass is 9.95. The van der Waals surface area contributed by atoms with Crippen molar-refractivity contribution in [1.82, 2.24) is 14.8 Å². The topological polar surface area (TPSA) is 92.2 Å². The highest BCUT2D eigenvalue weighted by molar-refractivity contribution is 5.68. The summed E-state index contributed by atoms with van der Waals surface area (Å²) in [5.41, 5.74) is 4.23. The number of likely N-dealkylation sites (tertiary alicyclic amines) is 1. The lowest BCUT2D eigenvalue weighted by Crippen LogP contribution is -2.40. The van der Waals surface area contributed by atoms with E-state index in [9.17, 15) is 14.7 Å². The molecule has 1 saturated heterocycles. The Morgan fingerprint density at radius 2 is 1.82 bits per heavy atom. The molecule has 2 aromatic rings. The molecule has 1 N–H and O–H groups in total. The fraction of sp³-hybridized carbons (Fsp3) is 0.480. The van der Waals surface area contributed by atoms with Crippen molar-refractivity contribution >= 4 is 12.2 Å². The summed E-state index contributed by atoms with van der Waals surface area (Å²) in [6, 6.07) is 10.0. The van der Waals surface area contributed by atoms with Crippen LogP contribution in [0.25, 0.3) is 11.1 Å². The smallest absolute Gasteiger partial charge is 0.410 e. The van der Waals surface area contributed by atoms with Crippen LogP contribution in [-0.4, -0.2) is 64.4 Å². The van der Waals surface area contributed by atoms with Gasteiger partial charge in [0.2, 0.25) is 5.88 Å². The number of pyridine rings is 1. The van der Waals surface area contributed by atoms with E-state index in [0.29, 0.717) is 44.6 Å². The normalized spacial score (nSPS) is 16.5. The van der Waals surface area contributed by atoms with Gasteiger partial charge < -0.3 is 24.4 Å². The summed E-state index contributed by atoms with van der Waals surface area (Å²) in [6.07, 6.45) is 3.08. The molecule has 8 nitrogen and oxygen atoms in total. The summed E-state index contributed by atoms with van der Waals surface area (Å²) in [5, 5.41) is 9.27. The molecule has 1 aromatic carbocycles. The van der Waals surface area contributed by atoms with Crippen LogP contribution in [0.5, 0.6) is 5.88 Å². The molecule has 0 radical (unpaired) electrons. The Morgan fingerprint density at radius 1 is 1.06 bits per heavy atom. The quantitative estimate of drug-likeness (QED) is 0.721. The molecule has 0 aliphatic carbocycles. The first kappa shape index (κ1) is 22.9. The van der Waals surface area contributed by atoms with Crippen molar-refractivity contribution in [2.75, 3.05) is 26.2 Å². The Kier molecular flexibility index (Phi) is 7.01. The van der Waals surface area contributed by atoms with Gasteiger partial charge >= 0.3 is 12.2 Å². The van der Waals surface area contributed by atoms with Gasteiger partial charge in [0, 0.05) is 44.0 Å². The largest absolute Gasteiger partial charge is 0.477 e. The maximum Gasteiger partial charge on any atom is 0.410 e. The molecule has 8 heteroatoms. The van der Waals surface area contributed by atoms with Crippen molar-refractivity contribution in [3.63, 3.8) is 0 Å². The SMILES string of the molecule is CC(C)OC(=O)N1CCC(COc2ccc(-c3ccc4c(c3)CN(C(=O)O)CC4)cn2)CC1. The number of piperidine rings is 1. The Morgan fingerprint density at radius 3 is 2.48 bits per heavy atom. The average molecular weight is 454 g/mol. The number of benzene rings is 1. The first-order valence-electron chi connectivity index (χ1n) is 11.5. The minimum atomic E-state index is -0.879. The Bertz CT molecular complexity index is 984. The maximum absolute atomic E-state index is 12.0. The van der Waals surface area contributed by atoms with Gasteiger partial charge in [-0.1, -0.05) is 12.1 Å². The van der Waals surface area contributed by atoms with E-state index < -0.39 is 6.09 Å². The Hall–Kier alpha value is -3.29. The number of aromatic nitrogens is 1. The molecule has 2 aliphatic heterocycles. The summed E-state index contributed by atoms with van der Waals surface area (Å²) >= 11 is 0. The van der Waals surface area contributed by atoms with Crippen LogP contribution in [0.3, 0.4) is 0 Å². The molecule has 0 bridgehead atoms. The van der Waals surface area contributed by atoms with Crippen molar-refractivity contribution in [1.29, 1.82) is 0 Å². The van der Waals surface area contributed by atoms with E-state index in [4.69, 9.17) is 9.47 Å². The van der Waals surface area contributed by atoms with Gasteiger partial charge in [0.15, 0.2) is 0 Å². The lowest BCUT2D eigenvalue weighted by Gasteiger charge is -2.31. The van der Waals surface area contributed by atoms with Gasteiger partial charge in [0.25, 0.3) is 0 Å². The predicted octanol–water partition coefficient (Wildman–Crippen LogP) is 4.42. The molecule has 33 heavy (non-hydrogen) atoms. The van der Waals surface area contributed by atoms with Gasteiger partial charge in [-0.2, -0.15) is 0 Å². The summed E-state index contributed by atoms with van der Waals surface area (Å²) in [5.74, 6) is 0.961. The van der Waals surface area contributed by atoms with Crippen LogP contribution in [0.1, 0.15) is 37.8 Å². The predicted molar refractivity (Wildman–Crippen MR) is 123 cm³/mol. The van der Waals surface area contributed by atoms with Gasteiger partial charge in [0.05, 0.1) is 12.7 Å². The van der Waals surface area contributed by atoms with E-state index in [1.54, 1.807) is 11.1 Å². The standard InChI is InChI=1S/C25H31N3O5/c1-17(2)33-25(31)27-10-7-18(8-11-27)16-32-23-6-5-21(14-26-23)20-4-3-19-9-12-28(24(29)30)15-22(19)13-20/h3-6,13-14,17-18H,7-12,15-16H2,1-2H3,(H,29,30). The molecular formula is C25H31N3O5. The van der Waals surface area contributed by atoms with E-state index in [1.165, 1.54) is 10.5 Å². The van der Waals surface area contributed by atoms with E-state index >= 15 is 0 Å². The number of rotatable bonds is 5. The van der Waals surface area contributed by atoms with Crippen LogP contribution in [0.15, 0.2) is 36.5 Å². The number of carboxylic acid groups (broad SMARTS) is 1. The minimum absolute atomic E-state index is 0.103. The number of ether oxygens (including phenoxy) is 2. The van der Waals surface area contributed by atoms with Gasteiger partial charge in [0.1, 0.15) is 0 Å². The van der Waals surface area contributed by atoms with Gasteiger partial charge in [-0.3, -0.25) is 0 Å². The minimum Gasteiger partial charge on any atom is -0.477 e. The number of hydrogen-bond donors (Lipinski definition) is 1. The second-order valence-electron chi connectivity index (χ2n) is 9.00. The van der Waals surface area contributed by atoms with Crippen molar-refractivity contribution in [3.05, 3.63) is 47.7 Å². The molecule has 0 unspecified atom stereocenters. The number of nitrogens with zero attached hydrogens (tertiary/aromatic N) is 3. The molecule has 2 amide bonds. The van der Waals surface area contributed by atoms with E-state index in [1.807, 2.05) is 26.0 Å². The zero-order chi connectivity index (χ0) is 23.4. The van der Waals surface area contributed by atoms with Crippen molar-refractivity contribution in [2.45, 2.75) is 45.8 Å². The maximum atomic E-state index is 12.0. The summed E-state index contributed by atoms with van der Waals surface area (Å²) < 4.78 is 11.2. The third kappa shape index (κ3) is 5.74. The molecule has 1 aromatic heterocycles. The van der Waals surface area contributed by atoms with E-state index in [2.05, 4.69) is 23.2 Å². The highest BCUT2D eigenvalue weighted by Crippen LogP contribution is 2.27. The highest BCUT2D eigenvalue weighted by Gasteiger charge is 2.25. The van der Waals surface area contributed by atoms with Gasteiger partial charge in [-0.05, 0) is 67.9 Å². The van der Waals surface area contributed by atoms with Crippen molar-refractivity contribution in [3.8, 4) is 17.0 Å². The first-order chi connectivity index (χ1) is 15.9. The van der Waals surface area contributed by atoms with Crippen LogP contribution < -0.4 is 4.74 Å². The number of carbonyl (C=O) groups excluding carboxylic acids is 1.